The summed E-state index contributed by atoms with van der Waals surface area (Å²) in [6, 6.07) is 3.39. The van der Waals surface area contributed by atoms with Gasteiger partial charge in [-0.15, -0.1) is 0 Å². The number of nitrogens with one attached hydrogen (secondary N) is 2. The maximum absolute atomic E-state index is 14.1. The minimum Gasteiger partial charge on any atom is -0.466 e. The number of carbonyl (C=O) groups is 4. The Morgan fingerprint density at radius 2 is 1.63 bits per heavy atom. The lowest BCUT2D eigenvalue weighted by molar-refractivity contribution is -0.146. The molecule has 0 radical (unpaired) electrons. The summed E-state index contributed by atoms with van der Waals surface area (Å²) in [5.41, 5.74) is 1.95. The highest BCUT2D eigenvalue weighted by atomic mass is 16.6. The molecule has 0 saturated carbocycles. The molecule has 0 aliphatic rings. The van der Waals surface area contributed by atoms with Gasteiger partial charge in [0.2, 0.25) is 11.8 Å². The maximum Gasteiger partial charge on any atom is 0.408 e. The van der Waals surface area contributed by atoms with E-state index in [1.165, 1.54) is 4.90 Å². The molecule has 3 atom stereocenters. The Hall–Kier alpha value is -3.10. The van der Waals surface area contributed by atoms with Crippen LogP contribution in [0, 0.1) is 19.8 Å². The van der Waals surface area contributed by atoms with E-state index in [0.29, 0.717) is 12.0 Å². The Morgan fingerprint density at radius 3 is 2.13 bits per heavy atom. The first-order valence-electron chi connectivity index (χ1n) is 13.4. The molecule has 1 aromatic rings. The lowest BCUT2D eigenvalue weighted by Gasteiger charge is -2.38. The fourth-order valence-corrected chi connectivity index (χ4v) is 3.95. The molecule has 1 aromatic carbocycles. The van der Waals surface area contributed by atoms with Crippen LogP contribution in [0.25, 0.3) is 0 Å². The zero-order valence-corrected chi connectivity index (χ0v) is 24.8. The van der Waals surface area contributed by atoms with Gasteiger partial charge < -0.3 is 25.0 Å². The number of hydrogen-bond donors (Lipinski definition) is 2. The zero-order valence-electron chi connectivity index (χ0n) is 24.8. The van der Waals surface area contributed by atoms with Crippen LogP contribution < -0.4 is 10.6 Å². The fourth-order valence-electron chi connectivity index (χ4n) is 3.95. The smallest absolute Gasteiger partial charge is 0.408 e. The van der Waals surface area contributed by atoms with E-state index in [0.717, 1.165) is 11.1 Å². The van der Waals surface area contributed by atoms with E-state index < -0.39 is 35.7 Å². The molecule has 0 heterocycles. The van der Waals surface area contributed by atoms with E-state index in [2.05, 4.69) is 10.6 Å². The molecule has 2 N–H and O–H groups in total. The van der Waals surface area contributed by atoms with Crippen molar-refractivity contribution in [1.82, 2.24) is 15.5 Å². The average molecular weight is 534 g/mol. The molecule has 0 aliphatic heterocycles. The molecular weight excluding hydrogens is 486 g/mol. The number of aryl methyl sites for hydroxylation is 2. The second-order valence-electron chi connectivity index (χ2n) is 10.9. The summed E-state index contributed by atoms with van der Waals surface area (Å²) < 4.78 is 10.4. The van der Waals surface area contributed by atoms with Crippen molar-refractivity contribution in [1.29, 1.82) is 0 Å². The molecule has 0 aromatic heterocycles. The van der Waals surface area contributed by atoms with Crippen molar-refractivity contribution in [3.63, 3.8) is 0 Å². The highest BCUT2D eigenvalue weighted by Gasteiger charge is 2.39. The molecule has 9 nitrogen and oxygen atoms in total. The Morgan fingerprint density at radius 1 is 1.00 bits per heavy atom. The highest BCUT2D eigenvalue weighted by Crippen LogP contribution is 2.28. The number of alkyl carbamates (subject to hydrolysis) is 1. The van der Waals surface area contributed by atoms with Crippen molar-refractivity contribution in [3.8, 4) is 0 Å². The minimum atomic E-state index is -0.976. The molecule has 0 saturated heterocycles. The fraction of sp³-hybridized carbons (Fsp3) is 0.655. The Balaban J connectivity index is 3.46. The summed E-state index contributed by atoms with van der Waals surface area (Å²) in [4.78, 5) is 53.7. The Kier molecular flexibility index (Phi) is 12.8. The maximum atomic E-state index is 14.1. The van der Waals surface area contributed by atoms with Gasteiger partial charge in [-0.1, -0.05) is 38.5 Å². The van der Waals surface area contributed by atoms with E-state index >= 15 is 0 Å². The van der Waals surface area contributed by atoms with Crippen LogP contribution in [0.15, 0.2) is 18.2 Å². The normalized spacial score (nSPS) is 13.8. The number of ether oxygens (including phenoxy) is 2. The van der Waals surface area contributed by atoms with Crippen molar-refractivity contribution in [2.45, 2.75) is 106 Å². The van der Waals surface area contributed by atoms with Crippen LogP contribution in [-0.4, -0.2) is 59.6 Å². The monoisotopic (exact) mass is 533 g/mol. The molecule has 38 heavy (non-hydrogen) atoms. The van der Waals surface area contributed by atoms with Gasteiger partial charge in [0.1, 0.15) is 17.7 Å². The summed E-state index contributed by atoms with van der Waals surface area (Å²) in [6.45, 7) is 18.7. The number of esters is 1. The number of carbonyl (C=O) groups excluding carboxylic acids is 4. The van der Waals surface area contributed by atoms with Crippen molar-refractivity contribution in [2.24, 2.45) is 5.92 Å². The van der Waals surface area contributed by atoms with Crippen LogP contribution >= 0.6 is 0 Å². The van der Waals surface area contributed by atoms with Gasteiger partial charge in [0.25, 0.3) is 0 Å². The van der Waals surface area contributed by atoms with E-state index in [1.54, 1.807) is 27.7 Å². The van der Waals surface area contributed by atoms with Gasteiger partial charge in [-0.2, -0.15) is 0 Å². The third kappa shape index (κ3) is 9.99. The standard InChI is InChI=1S/C29H47N3O6/c1-11-19(5)24(31-28(36)38-29(8,9)10)27(35)32(18(3)4)25(22-14-13-20(6)21(7)17-22)26(34)30-16-15-23(33)37-12-2/h13-14,17-19,24-25H,11-12,15-16H2,1-10H3,(H,30,34)(H,31,36). The van der Waals surface area contributed by atoms with Crippen molar-refractivity contribution >= 4 is 23.9 Å². The van der Waals surface area contributed by atoms with Crippen LogP contribution in [0.1, 0.15) is 91.0 Å². The number of nitrogens with zero attached hydrogens (tertiary/aromatic N) is 1. The molecule has 9 heteroatoms. The zero-order chi connectivity index (χ0) is 29.2. The molecule has 0 bridgehead atoms. The van der Waals surface area contributed by atoms with E-state index in [-0.39, 0.29) is 37.4 Å². The third-order valence-corrected chi connectivity index (χ3v) is 6.27. The van der Waals surface area contributed by atoms with Crippen LogP contribution in [0.5, 0.6) is 0 Å². The quantitative estimate of drug-likeness (QED) is 0.380. The van der Waals surface area contributed by atoms with E-state index in [9.17, 15) is 19.2 Å². The first-order valence-corrected chi connectivity index (χ1v) is 13.4. The summed E-state index contributed by atoms with van der Waals surface area (Å²) in [6.07, 6.45) is -0.0515. The van der Waals surface area contributed by atoms with Gasteiger partial charge in [-0.05, 0) is 78.0 Å². The molecule has 3 unspecified atom stereocenters. The van der Waals surface area contributed by atoms with Gasteiger partial charge in [-0.3, -0.25) is 14.4 Å². The summed E-state index contributed by atoms with van der Waals surface area (Å²) >= 11 is 0. The summed E-state index contributed by atoms with van der Waals surface area (Å²) in [7, 11) is 0. The molecular formula is C29H47N3O6. The molecule has 0 spiro atoms. The lowest BCUT2D eigenvalue weighted by Crippen LogP contribution is -2.57. The van der Waals surface area contributed by atoms with E-state index in [1.807, 2.05) is 59.7 Å². The Bertz CT molecular complexity index is 970. The largest absolute Gasteiger partial charge is 0.466 e. The van der Waals surface area contributed by atoms with Crippen LogP contribution in [-0.2, 0) is 23.9 Å². The molecule has 0 fully saturated rings. The second-order valence-corrected chi connectivity index (χ2v) is 10.9. The van der Waals surface area contributed by atoms with Crippen LogP contribution in [0.4, 0.5) is 4.79 Å². The molecule has 214 valence electrons. The Labute approximate surface area is 228 Å². The van der Waals surface area contributed by atoms with Crippen molar-refractivity contribution in [3.05, 3.63) is 34.9 Å². The number of hydrogen-bond acceptors (Lipinski definition) is 6. The number of amides is 3. The molecule has 0 aliphatic carbocycles. The van der Waals surface area contributed by atoms with Crippen molar-refractivity contribution < 1.29 is 28.7 Å². The van der Waals surface area contributed by atoms with Gasteiger partial charge in [0.15, 0.2) is 0 Å². The van der Waals surface area contributed by atoms with Gasteiger partial charge in [0.05, 0.1) is 13.0 Å². The van der Waals surface area contributed by atoms with Gasteiger partial charge in [0, 0.05) is 12.6 Å². The molecule has 3 amide bonds. The third-order valence-electron chi connectivity index (χ3n) is 6.27. The van der Waals surface area contributed by atoms with Gasteiger partial charge in [-0.25, -0.2) is 4.79 Å². The summed E-state index contributed by atoms with van der Waals surface area (Å²) in [5, 5.41) is 5.56. The summed E-state index contributed by atoms with van der Waals surface area (Å²) in [5.74, 6) is -1.43. The first-order chi connectivity index (χ1) is 17.6. The number of rotatable bonds is 12. The topological polar surface area (TPSA) is 114 Å². The average Bonchev–Trinajstić information content (AvgIpc) is 2.80. The second kappa shape index (κ2) is 14.7. The van der Waals surface area contributed by atoms with Crippen molar-refractivity contribution in [2.75, 3.05) is 13.2 Å². The highest BCUT2D eigenvalue weighted by molar-refractivity contribution is 5.92. The minimum absolute atomic E-state index is 0.0184. The predicted octanol–water partition coefficient (Wildman–Crippen LogP) is 4.59. The molecule has 1 rings (SSSR count). The van der Waals surface area contributed by atoms with Gasteiger partial charge >= 0.3 is 12.1 Å². The van der Waals surface area contributed by atoms with Crippen LogP contribution in [0.3, 0.4) is 0 Å². The SMILES string of the molecule is CCOC(=O)CCNC(=O)C(c1ccc(C)c(C)c1)N(C(=O)C(NC(=O)OC(C)(C)C)C(C)CC)C(C)C. The lowest BCUT2D eigenvalue weighted by atomic mass is 9.94. The predicted molar refractivity (Wildman–Crippen MR) is 148 cm³/mol. The number of benzene rings is 1. The van der Waals surface area contributed by atoms with Crippen LogP contribution in [0.2, 0.25) is 0 Å². The van der Waals surface area contributed by atoms with E-state index in [4.69, 9.17) is 9.47 Å². The first kappa shape index (κ1) is 32.9.